The van der Waals surface area contributed by atoms with E-state index in [0.29, 0.717) is 32.8 Å². The molecule has 1 spiro atoms. The lowest BCUT2D eigenvalue weighted by atomic mass is 9.87. The molecule has 2 N–H and O–H groups in total. The van der Waals surface area contributed by atoms with Gasteiger partial charge in [-0.3, -0.25) is 14.4 Å². The van der Waals surface area contributed by atoms with Crippen molar-refractivity contribution in [1.29, 1.82) is 0 Å². The Morgan fingerprint density at radius 3 is 2.45 bits per heavy atom. The summed E-state index contributed by atoms with van der Waals surface area (Å²) in [5.74, 6) is -0.545. The Bertz CT molecular complexity index is 1160. The molecule has 10 atom stereocenters. The van der Waals surface area contributed by atoms with Crippen LogP contribution in [0.25, 0.3) is 0 Å². The molecule has 0 aromatic heterocycles. The molecule has 3 saturated heterocycles. The first-order chi connectivity index (χ1) is 23.3. The summed E-state index contributed by atoms with van der Waals surface area (Å²) in [6, 6.07) is -0.124. The van der Waals surface area contributed by atoms with Gasteiger partial charge in [-0.25, -0.2) is 0 Å². The zero-order chi connectivity index (χ0) is 36.1. The van der Waals surface area contributed by atoms with Crippen LogP contribution in [0.2, 0.25) is 0 Å². The number of allylic oxidation sites excluding steroid dienone is 2. The third-order valence-corrected chi connectivity index (χ3v) is 9.23. The molecule has 278 valence electrons. The van der Waals surface area contributed by atoms with Crippen molar-refractivity contribution in [2.75, 3.05) is 26.4 Å². The summed E-state index contributed by atoms with van der Waals surface area (Å²) in [6.07, 6.45) is 10.8. The first-order valence-corrected chi connectivity index (χ1v) is 18.3. The van der Waals surface area contributed by atoms with Gasteiger partial charge in [-0.15, -0.1) is 0 Å². The normalized spacial score (nSPS) is 31.6. The van der Waals surface area contributed by atoms with Gasteiger partial charge in [0.1, 0.15) is 23.9 Å². The molecular weight excluding hydrogens is 628 g/mol. The monoisotopic (exact) mass is 690 g/mol. The minimum Gasteiger partial charge on any atom is -0.458 e. The Morgan fingerprint density at radius 2 is 1.80 bits per heavy atom. The lowest BCUT2D eigenvalue weighted by molar-refractivity contribution is -0.180. The molecule has 0 saturated carbocycles. The van der Waals surface area contributed by atoms with Gasteiger partial charge in [-0.2, -0.15) is 0 Å². The van der Waals surface area contributed by atoms with Crippen LogP contribution in [0, 0.1) is 11.8 Å². The van der Waals surface area contributed by atoms with Gasteiger partial charge in [0.25, 0.3) is 0 Å². The minimum absolute atomic E-state index is 0.00749. The van der Waals surface area contributed by atoms with Gasteiger partial charge in [-0.1, -0.05) is 51.5 Å². The molecule has 3 aliphatic rings. The largest absolute Gasteiger partial charge is 0.458 e. The lowest BCUT2D eigenvalue weighted by Crippen LogP contribution is -2.53. The maximum atomic E-state index is 12.6. The number of amides is 2. The molecule has 49 heavy (non-hydrogen) atoms. The molecule has 0 radical (unpaired) electrons. The van der Waals surface area contributed by atoms with Crippen LogP contribution in [-0.2, 0) is 42.8 Å². The average molecular weight is 691 g/mol. The maximum Gasteiger partial charge on any atom is 0.308 e. The van der Waals surface area contributed by atoms with Crippen LogP contribution in [0.3, 0.4) is 0 Å². The zero-order valence-electron chi connectivity index (χ0n) is 31.2. The molecule has 3 fully saturated rings. The number of epoxide rings is 1. The smallest absolute Gasteiger partial charge is 0.308 e. The first-order valence-electron chi connectivity index (χ1n) is 18.3. The SMILES string of the molecule is CCCNC(=O)CC1CC2(CO2)C(OC(C)COCC)C(C=CC(C)=CCC2OC(C)C(NC(=O)C=CC(C)OC(=O)C(C)C)CC2C)O1. The first kappa shape index (κ1) is 40.9. The highest BCUT2D eigenvalue weighted by Gasteiger charge is 2.60. The van der Waals surface area contributed by atoms with Gasteiger partial charge in [0.05, 0.1) is 56.0 Å². The fourth-order valence-electron chi connectivity index (χ4n) is 6.24. The van der Waals surface area contributed by atoms with E-state index in [1.54, 1.807) is 26.8 Å². The van der Waals surface area contributed by atoms with Crippen molar-refractivity contribution in [1.82, 2.24) is 10.6 Å². The van der Waals surface area contributed by atoms with Gasteiger partial charge in [0.2, 0.25) is 11.8 Å². The molecule has 0 bridgehead atoms. The second kappa shape index (κ2) is 19.7. The van der Waals surface area contributed by atoms with Crippen molar-refractivity contribution in [3.05, 3.63) is 36.0 Å². The number of nitrogens with one attached hydrogen (secondary N) is 2. The molecule has 3 rings (SSSR count). The molecule has 10 unspecified atom stereocenters. The summed E-state index contributed by atoms with van der Waals surface area (Å²) >= 11 is 0. The number of ether oxygens (including phenoxy) is 6. The fraction of sp³-hybridized carbons (Fsp3) is 0.763. The van der Waals surface area contributed by atoms with Crippen LogP contribution >= 0.6 is 0 Å². The van der Waals surface area contributed by atoms with Crippen LogP contribution in [0.4, 0.5) is 0 Å². The van der Waals surface area contributed by atoms with E-state index in [9.17, 15) is 14.4 Å². The lowest BCUT2D eigenvalue weighted by Gasteiger charge is -2.40. The summed E-state index contributed by atoms with van der Waals surface area (Å²) in [7, 11) is 0. The van der Waals surface area contributed by atoms with Gasteiger partial charge >= 0.3 is 5.97 Å². The van der Waals surface area contributed by atoms with E-state index in [0.717, 1.165) is 24.8 Å². The van der Waals surface area contributed by atoms with Gasteiger partial charge in [0, 0.05) is 25.6 Å². The third-order valence-electron chi connectivity index (χ3n) is 9.23. The van der Waals surface area contributed by atoms with Crippen LogP contribution < -0.4 is 10.6 Å². The van der Waals surface area contributed by atoms with Crippen LogP contribution in [0.1, 0.15) is 94.4 Å². The predicted octanol–water partition coefficient (Wildman–Crippen LogP) is 4.97. The second-order valence-corrected chi connectivity index (χ2v) is 14.3. The Morgan fingerprint density at radius 1 is 1.06 bits per heavy atom. The van der Waals surface area contributed by atoms with E-state index in [4.69, 9.17) is 28.4 Å². The van der Waals surface area contributed by atoms with Gasteiger partial charge < -0.3 is 39.1 Å². The van der Waals surface area contributed by atoms with E-state index in [1.165, 1.54) is 6.08 Å². The highest BCUT2D eigenvalue weighted by molar-refractivity contribution is 5.87. The Kier molecular flexibility index (Phi) is 16.4. The molecule has 11 heteroatoms. The molecule has 11 nitrogen and oxygen atoms in total. The van der Waals surface area contributed by atoms with Gasteiger partial charge in [0.15, 0.2) is 0 Å². The van der Waals surface area contributed by atoms with Crippen molar-refractivity contribution >= 4 is 17.8 Å². The Labute approximate surface area is 293 Å². The third kappa shape index (κ3) is 13.2. The van der Waals surface area contributed by atoms with E-state index in [-0.39, 0.29) is 78.7 Å². The quantitative estimate of drug-likeness (QED) is 0.0885. The second-order valence-electron chi connectivity index (χ2n) is 14.3. The number of carbonyl (C=O) groups excluding carboxylic acids is 3. The topological polar surface area (TPSA) is 134 Å². The number of rotatable bonds is 18. The summed E-state index contributed by atoms with van der Waals surface area (Å²) < 4.78 is 36.3. The van der Waals surface area contributed by atoms with Crippen molar-refractivity contribution in [2.45, 2.75) is 149 Å². The Hall–Kier alpha value is -2.57. The number of carbonyl (C=O) groups is 3. The highest BCUT2D eigenvalue weighted by atomic mass is 16.6. The van der Waals surface area contributed by atoms with E-state index < -0.39 is 11.7 Å². The molecule has 2 amide bonds. The van der Waals surface area contributed by atoms with E-state index in [1.807, 2.05) is 33.8 Å². The minimum atomic E-state index is -0.485. The summed E-state index contributed by atoms with van der Waals surface area (Å²) in [4.78, 5) is 37.0. The number of hydrogen-bond acceptors (Lipinski definition) is 9. The molecule has 0 aromatic rings. The molecule has 0 aliphatic carbocycles. The molecule has 3 aliphatic heterocycles. The molecule has 3 heterocycles. The van der Waals surface area contributed by atoms with Crippen molar-refractivity contribution in [3.63, 3.8) is 0 Å². The average Bonchev–Trinajstić information content (AvgIpc) is 3.82. The van der Waals surface area contributed by atoms with Crippen LogP contribution in [0.15, 0.2) is 36.0 Å². The van der Waals surface area contributed by atoms with Crippen molar-refractivity contribution in [2.24, 2.45) is 11.8 Å². The zero-order valence-corrected chi connectivity index (χ0v) is 31.2. The number of hydrogen-bond donors (Lipinski definition) is 2. The standard InChI is InChI=1S/C38H62N2O9/c1-10-18-39-35(42)20-30-21-38(23-45-38)36(46-28(8)22-44-11-2)33(49-30)16-13-25(5)12-15-32-26(6)19-31(29(9)48-32)40-34(41)17-14-27(7)47-37(43)24(3)4/h12-14,16-17,24,26-33,36H,10-11,15,18-23H2,1-9H3,(H,39,42)(H,40,41). The van der Waals surface area contributed by atoms with Crippen LogP contribution in [-0.4, -0.2) is 98.5 Å². The highest BCUT2D eigenvalue weighted by Crippen LogP contribution is 2.45. The molecular formula is C38H62N2O9. The summed E-state index contributed by atoms with van der Waals surface area (Å²) in [6.45, 7) is 19.8. The van der Waals surface area contributed by atoms with Crippen molar-refractivity contribution < 1.29 is 42.8 Å². The maximum absolute atomic E-state index is 12.6. The summed E-state index contributed by atoms with van der Waals surface area (Å²) in [5.41, 5.74) is 0.595. The van der Waals surface area contributed by atoms with Gasteiger partial charge in [-0.05, 0) is 65.9 Å². The van der Waals surface area contributed by atoms with E-state index in [2.05, 4.69) is 36.6 Å². The fourth-order valence-corrected chi connectivity index (χ4v) is 6.24. The van der Waals surface area contributed by atoms with Crippen molar-refractivity contribution in [3.8, 4) is 0 Å². The van der Waals surface area contributed by atoms with Crippen LogP contribution in [0.5, 0.6) is 0 Å². The number of esters is 1. The predicted molar refractivity (Wildman–Crippen MR) is 188 cm³/mol. The molecule has 0 aromatic carbocycles. The summed E-state index contributed by atoms with van der Waals surface area (Å²) in [5, 5.41) is 6.01. The van der Waals surface area contributed by atoms with E-state index >= 15 is 0 Å². The Balaban J connectivity index is 1.59.